The van der Waals surface area contributed by atoms with Crippen LogP contribution in [0.15, 0.2) is 131 Å². The molecule has 0 heterocycles. The Bertz CT molecular complexity index is 2410. The number of amides is 1. The molecule has 0 aliphatic rings. The predicted molar refractivity (Wildman–Crippen MR) is 320 cm³/mol. The zero-order valence-electron chi connectivity index (χ0n) is 47.9. The third kappa shape index (κ3) is 31.7. The van der Waals surface area contributed by atoms with E-state index in [1.807, 2.05) is 0 Å². The van der Waals surface area contributed by atoms with E-state index in [2.05, 4.69) is 44.8 Å². The fourth-order valence-corrected chi connectivity index (χ4v) is 7.14. The van der Waals surface area contributed by atoms with Crippen molar-refractivity contribution >= 4 is 41.3 Å². The lowest BCUT2D eigenvalue weighted by molar-refractivity contribution is -0.286. The first-order chi connectivity index (χ1) is 40.8. The maximum absolute atomic E-state index is 13.5. The lowest BCUT2D eigenvalue weighted by Crippen LogP contribution is -2.10. The molecule has 456 valence electrons. The molecule has 0 saturated heterocycles. The summed E-state index contributed by atoms with van der Waals surface area (Å²) in [4.78, 5) is 57.5. The number of carbonyl (C=O) groups excluding carboxylic acids is 2. The zero-order valence-corrected chi connectivity index (χ0v) is 48.6. The molecule has 0 saturated carbocycles. The molecule has 0 unspecified atom stereocenters. The Hall–Kier alpha value is -7.23. The number of nitrogens with one attached hydrogen (secondary N) is 1. The number of hydrogen-bond donors (Lipinski definition) is 1. The van der Waals surface area contributed by atoms with E-state index in [-0.39, 0.29) is 29.7 Å². The number of hydrogen-bond acceptors (Lipinski definition) is 18. The van der Waals surface area contributed by atoms with Crippen molar-refractivity contribution < 1.29 is 86.3 Å². The minimum atomic E-state index is -0.711. The van der Waals surface area contributed by atoms with Crippen molar-refractivity contribution in [2.24, 2.45) is 0 Å². The molecule has 3 rings (SSSR count). The third-order valence-corrected chi connectivity index (χ3v) is 11.3. The van der Waals surface area contributed by atoms with E-state index in [1.165, 1.54) is 49.1 Å². The molecule has 1 N–H and O–H groups in total. The summed E-state index contributed by atoms with van der Waals surface area (Å²) in [6.07, 6.45) is 22.9. The highest BCUT2D eigenvalue weighted by Gasteiger charge is 2.20. The van der Waals surface area contributed by atoms with Gasteiger partial charge in [-0.15, -0.1) is 19.7 Å². The summed E-state index contributed by atoms with van der Waals surface area (Å²) in [7, 11) is 0. The molecule has 0 aliphatic carbocycles. The number of unbranched alkanes of at least 4 members (excludes halogenated alkanes) is 6. The highest BCUT2D eigenvalue weighted by atomic mass is 35.5. The lowest BCUT2D eigenvalue weighted by atomic mass is 10.1. The Morgan fingerprint density at radius 3 is 1.19 bits per heavy atom. The van der Waals surface area contributed by atoms with Crippen molar-refractivity contribution in [2.45, 2.75) is 77.0 Å². The normalized spacial score (nSPS) is 10.9. The van der Waals surface area contributed by atoms with Gasteiger partial charge in [0.1, 0.15) is 25.6 Å². The van der Waals surface area contributed by atoms with Gasteiger partial charge in [0.2, 0.25) is 17.4 Å². The van der Waals surface area contributed by atoms with Gasteiger partial charge >= 0.3 is 5.97 Å². The highest BCUT2D eigenvalue weighted by molar-refractivity contribution is 6.34. The van der Waals surface area contributed by atoms with Crippen LogP contribution < -0.4 is 38.5 Å². The van der Waals surface area contributed by atoms with Gasteiger partial charge in [0.25, 0.3) is 0 Å². The number of benzene rings is 3. The van der Waals surface area contributed by atoms with E-state index in [9.17, 15) is 9.59 Å². The Morgan fingerprint density at radius 1 is 0.422 bits per heavy atom. The van der Waals surface area contributed by atoms with Gasteiger partial charge in [-0.05, 0) is 126 Å². The number of ether oxygens (including phenoxy) is 10. The van der Waals surface area contributed by atoms with E-state index in [1.54, 1.807) is 54.6 Å². The van der Waals surface area contributed by atoms with Crippen LogP contribution in [0.5, 0.6) is 40.2 Å². The summed E-state index contributed by atoms with van der Waals surface area (Å²) in [5, 5.41) is 2.91. The smallest absolute Gasteiger partial charge is 0.336 e. The van der Waals surface area contributed by atoms with Gasteiger partial charge in [-0.25, -0.2) is 34.1 Å². The van der Waals surface area contributed by atoms with Crippen LogP contribution in [0.4, 0.5) is 5.69 Å². The number of rotatable bonds is 54. The van der Waals surface area contributed by atoms with Gasteiger partial charge in [-0.2, -0.15) is 0 Å². The Kier molecular flexibility index (Phi) is 39.9. The molecule has 3 aromatic carbocycles. The molecule has 0 atom stereocenters. The van der Waals surface area contributed by atoms with Crippen LogP contribution in [-0.4, -0.2) is 111 Å². The summed E-state index contributed by atoms with van der Waals surface area (Å²) < 4.78 is 59.4. The summed E-state index contributed by atoms with van der Waals surface area (Å²) in [5.41, 5.74) is 1.35. The molecule has 0 radical (unpaired) electrons. The summed E-state index contributed by atoms with van der Waals surface area (Å²) in [6.45, 7) is 27.1. The van der Waals surface area contributed by atoms with Crippen molar-refractivity contribution in [3.8, 4) is 40.2 Å². The Labute approximate surface area is 494 Å². The molecule has 0 spiro atoms. The van der Waals surface area contributed by atoms with Gasteiger partial charge in [-0.3, -0.25) is 4.79 Å². The van der Waals surface area contributed by atoms with Crippen LogP contribution in [0.2, 0.25) is 5.02 Å². The topological polar surface area (TPSA) is 194 Å². The average molecular weight is 1180 g/mol. The molecule has 83 heavy (non-hydrogen) atoms. The lowest BCUT2D eigenvalue weighted by Gasteiger charge is -2.19. The van der Waals surface area contributed by atoms with Gasteiger partial charge in [0.05, 0.1) is 109 Å². The third-order valence-electron chi connectivity index (χ3n) is 10.9. The van der Waals surface area contributed by atoms with E-state index in [0.717, 1.165) is 19.3 Å². The summed E-state index contributed by atoms with van der Waals surface area (Å²) >= 11 is 6.67. The highest BCUT2D eigenvalue weighted by Crippen LogP contribution is 2.43. The minimum absolute atomic E-state index is 0.117. The maximum atomic E-state index is 13.5. The Balaban J connectivity index is 1.82. The molecule has 0 fully saturated rings. The standard InChI is InChI=1S/C63H84ClNO18/c1-7-35-77-80-47-22-19-42-72-57-32-26-52(61(73-43-17-14-39-69-11-5)63(57)76-46-21-24-49-82-79-37-9-3)28-34-59(67)83-53-29-30-55(54(64)50-53)65-58(66)33-27-51-25-31-56(71-41-16-13-38-68-10-4)62(75-45-18-15-40-70-12-6)60(51)74-44-20-23-48-81-78-36-8-2/h7-12,25-34,50H,1-6,13-24,35-49H2,(H,65,66). The molecular weight excluding hydrogens is 1090 g/mol. The summed E-state index contributed by atoms with van der Waals surface area (Å²) in [5.74, 6) is 1.38. The van der Waals surface area contributed by atoms with E-state index in [4.69, 9.17) is 88.3 Å². The second-order valence-corrected chi connectivity index (χ2v) is 17.9. The quantitative estimate of drug-likeness (QED) is 0.00819. The molecule has 0 aromatic heterocycles. The molecule has 1 amide bonds. The number of halogens is 1. The molecule has 20 heteroatoms. The SMILES string of the molecule is C=CCOOCCCCOc1ccc(C=CC(=O)Oc2ccc(NC(=O)C=Cc3ccc(OCCCCOC=C)c(OCCCCOC=C)c3OCCCCOOCC=C)c(Cl)c2)c(OCCCCOC=C)c1OCCCCOOCC=C. The van der Waals surface area contributed by atoms with E-state index < -0.39 is 11.9 Å². The van der Waals surface area contributed by atoms with Gasteiger partial charge in [0.15, 0.2) is 23.0 Å². The fraction of sp³-hybridized carbons (Fsp3) is 0.429. The van der Waals surface area contributed by atoms with E-state index in [0.29, 0.717) is 189 Å². The second-order valence-electron chi connectivity index (χ2n) is 17.5. The maximum Gasteiger partial charge on any atom is 0.336 e. The van der Waals surface area contributed by atoms with Crippen molar-refractivity contribution in [1.29, 1.82) is 0 Å². The molecular formula is C63H84ClNO18. The average Bonchev–Trinajstić information content (AvgIpc) is 3.48. The van der Waals surface area contributed by atoms with Gasteiger partial charge in [0, 0.05) is 29.3 Å². The number of carbonyl (C=O) groups is 2. The zero-order chi connectivity index (χ0) is 59.6. The predicted octanol–water partition coefficient (Wildman–Crippen LogP) is 13.4. The van der Waals surface area contributed by atoms with Crippen molar-refractivity contribution in [1.82, 2.24) is 0 Å². The summed E-state index contributed by atoms with van der Waals surface area (Å²) in [6, 6.07) is 11.6. The largest absolute Gasteiger partial charge is 0.502 e. The van der Waals surface area contributed by atoms with Crippen molar-refractivity contribution in [3.63, 3.8) is 0 Å². The van der Waals surface area contributed by atoms with Crippen LogP contribution in [0.3, 0.4) is 0 Å². The first-order valence-electron chi connectivity index (χ1n) is 27.8. The number of esters is 1. The van der Waals surface area contributed by atoms with E-state index >= 15 is 0 Å². The Morgan fingerprint density at radius 2 is 0.795 bits per heavy atom. The van der Waals surface area contributed by atoms with Gasteiger partial charge in [-0.1, -0.05) is 49.6 Å². The van der Waals surface area contributed by atoms with Crippen molar-refractivity contribution in [3.05, 3.63) is 147 Å². The van der Waals surface area contributed by atoms with Crippen LogP contribution in [-0.2, 0) is 53.1 Å². The monoisotopic (exact) mass is 1180 g/mol. The van der Waals surface area contributed by atoms with Crippen LogP contribution in [0.1, 0.15) is 88.2 Å². The minimum Gasteiger partial charge on any atom is -0.502 e. The van der Waals surface area contributed by atoms with Crippen LogP contribution in [0, 0.1) is 0 Å². The van der Waals surface area contributed by atoms with Crippen LogP contribution in [0.25, 0.3) is 12.2 Å². The first-order valence-corrected chi connectivity index (χ1v) is 28.2. The molecule has 0 bridgehead atoms. The van der Waals surface area contributed by atoms with Crippen LogP contribution >= 0.6 is 11.6 Å². The molecule has 3 aromatic rings. The first kappa shape index (κ1) is 70.0. The molecule has 0 aliphatic heterocycles. The van der Waals surface area contributed by atoms with Gasteiger partial charge < -0.3 is 52.7 Å². The fourth-order valence-electron chi connectivity index (χ4n) is 6.92. The second kappa shape index (κ2) is 47.3. The van der Waals surface area contributed by atoms with Crippen molar-refractivity contribution in [2.75, 3.05) is 104 Å². The number of anilines is 1. The molecule has 19 nitrogen and oxygen atoms in total.